The van der Waals surface area contributed by atoms with Crippen LogP contribution >= 0.6 is 0 Å². The lowest BCUT2D eigenvalue weighted by atomic mass is 9.64. The van der Waals surface area contributed by atoms with E-state index in [2.05, 4.69) is 10.5 Å². The first-order valence-corrected chi connectivity index (χ1v) is 6.15. The second-order valence-corrected chi connectivity index (χ2v) is 5.48. The van der Waals surface area contributed by atoms with E-state index in [1.807, 2.05) is 13.8 Å². The third kappa shape index (κ3) is 2.42. The van der Waals surface area contributed by atoms with E-state index in [9.17, 15) is 9.59 Å². The molecular weight excluding hydrogens is 252 g/mol. The maximum atomic E-state index is 12.0. The predicted molar refractivity (Wildman–Crippen MR) is 65.7 cm³/mol. The Morgan fingerprint density at radius 2 is 2.21 bits per heavy atom. The van der Waals surface area contributed by atoms with Gasteiger partial charge in [-0.1, -0.05) is 19.0 Å². The van der Waals surface area contributed by atoms with Crippen molar-refractivity contribution in [1.82, 2.24) is 5.32 Å². The smallest absolute Gasteiger partial charge is 0.353 e. The number of nitrogens with one attached hydrogen (secondary N) is 1. The quantitative estimate of drug-likeness (QED) is 0.757. The Bertz CT molecular complexity index is 432. The van der Waals surface area contributed by atoms with Crippen molar-refractivity contribution in [3.63, 3.8) is 0 Å². The lowest BCUT2D eigenvalue weighted by Crippen LogP contribution is -2.62. The standard InChI is InChI=1S/C12H18N2O5/c1-12(2)8(5-9(12)18-3)13-10(15)7-4-6(11(16)17)14-19-7/h7-9H,4-5H2,1-3H3,(H,13,15)(H,16,17). The number of carbonyl (C=O) groups is 2. The number of hydrogen-bond acceptors (Lipinski definition) is 5. The van der Waals surface area contributed by atoms with Crippen molar-refractivity contribution in [2.24, 2.45) is 10.6 Å². The van der Waals surface area contributed by atoms with E-state index in [4.69, 9.17) is 14.7 Å². The molecule has 1 aliphatic heterocycles. The zero-order valence-corrected chi connectivity index (χ0v) is 11.2. The van der Waals surface area contributed by atoms with Crippen LogP contribution in [0.15, 0.2) is 5.16 Å². The Hall–Kier alpha value is -1.63. The van der Waals surface area contributed by atoms with Gasteiger partial charge >= 0.3 is 5.97 Å². The van der Waals surface area contributed by atoms with Crippen LogP contribution in [-0.2, 0) is 19.2 Å². The van der Waals surface area contributed by atoms with Crippen molar-refractivity contribution in [2.45, 2.75) is 44.9 Å². The molecule has 1 aliphatic carbocycles. The molecule has 19 heavy (non-hydrogen) atoms. The van der Waals surface area contributed by atoms with Crippen LogP contribution < -0.4 is 5.32 Å². The van der Waals surface area contributed by atoms with E-state index in [-0.39, 0.29) is 35.6 Å². The molecule has 2 aliphatic rings. The molecule has 2 rings (SSSR count). The highest BCUT2D eigenvalue weighted by Crippen LogP contribution is 2.42. The SMILES string of the molecule is COC1CC(NC(=O)C2CC(C(=O)O)=NO2)C1(C)C. The Kier molecular flexibility index (Phi) is 3.49. The minimum Gasteiger partial charge on any atom is -0.477 e. The van der Waals surface area contributed by atoms with E-state index in [1.165, 1.54) is 0 Å². The van der Waals surface area contributed by atoms with Gasteiger partial charge < -0.3 is 20.0 Å². The molecule has 2 N–H and O–H groups in total. The summed E-state index contributed by atoms with van der Waals surface area (Å²) in [5.74, 6) is -1.48. The fourth-order valence-electron chi connectivity index (χ4n) is 2.44. The summed E-state index contributed by atoms with van der Waals surface area (Å²) in [6, 6.07) is 0.00225. The predicted octanol–water partition coefficient (Wildman–Crippen LogP) is 0.146. The molecule has 106 valence electrons. The molecule has 7 nitrogen and oxygen atoms in total. The summed E-state index contributed by atoms with van der Waals surface area (Å²) in [6.07, 6.45) is 0.0213. The van der Waals surface area contributed by atoms with Crippen LogP contribution in [0.25, 0.3) is 0 Å². The molecule has 1 saturated carbocycles. The van der Waals surface area contributed by atoms with Gasteiger partial charge in [0.1, 0.15) is 0 Å². The largest absolute Gasteiger partial charge is 0.477 e. The van der Waals surface area contributed by atoms with Crippen molar-refractivity contribution in [2.75, 3.05) is 7.11 Å². The number of oxime groups is 1. The Morgan fingerprint density at radius 3 is 2.68 bits per heavy atom. The highest BCUT2D eigenvalue weighted by molar-refractivity contribution is 6.36. The summed E-state index contributed by atoms with van der Waals surface area (Å²) >= 11 is 0. The first kappa shape index (κ1) is 13.8. The summed E-state index contributed by atoms with van der Waals surface area (Å²) in [5.41, 5.74) is -0.262. The number of carboxylic acid groups (broad SMARTS) is 1. The van der Waals surface area contributed by atoms with E-state index >= 15 is 0 Å². The highest BCUT2D eigenvalue weighted by Gasteiger charge is 2.50. The minimum atomic E-state index is -1.15. The number of ether oxygens (including phenoxy) is 1. The molecule has 1 heterocycles. The highest BCUT2D eigenvalue weighted by atomic mass is 16.6. The Labute approximate surface area is 110 Å². The first-order valence-electron chi connectivity index (χ1n) is 6.15. The van der Waals surface area contributed by atoms with E-state index < -0.39 is 12.1 Å². The van der Waals surface area contributed by atoms with Crippen molar-refractivity contribution in [1.29, 1.82) is 0 Å². The topological polar surface area (TPSA) is 97.2 Å². The number of aliphatic carboxylic acids is 1. The molecule has 0 radical (unpaired) electrons. The number of nitrogens with zero attached hydrogens (tertiary/aromatic N) is 1. The summed E-state index contributed by atoms with van der Waals surface area (Å²) in [7, 11) is 1.65. The maximum Gasteiger partial charge on any atom is 0.353 e. The van der Waals surface area contributed by atoms with Crippen LogP contribution in [0.1, 0.15) is 26.7 Å². The average Bonchev–Trinajstić information content (AvgIpc) is 2.83. The van der Waals surface area contributed by atoms with E-state index in [1.54, 1.807) is 7.11 Å². The van der Waals surface area contributed by atoms with Crippen LogP contribution in [0.5, 0.6) is 0 Å². The molecule has 3 atom stereocenters. The number of rotatable bonds is 4. The number of methoxy groups -OCH3 is 1. The molecule has 0 aromatic heterocycles. The van der Waals surface area contributed by atoms with Gasteiger partial charge in [-0.3, -0.25) is 4.79 Å². The zero-order valence-electron chi connectivity index (χ0n) is 11.2. The lowest BCUT2D eigenvalue weighted by molar-refractivity contribution is -0.141. The molecule has 0 spiro atoms. The molecule has 0 aromatic rings. The maximum absolute atomic E-state index is 12.0. The third-order valence-electron chi connectivity index (χ3n) is 3.99. The van der Waals surface area contributed by atoms with Gasteiger partial charge in [0.2, 0.25) is 6.10 Å². The molecule has 0 bridgehead atoms. The molecular formula is C12H18N2O5. The van der Waals surface area contributed by atoms with Gasteiger partial charge in [0.25, 0.3) is 5.91 Å². The van der Waals surface area contributed by atoms with Crippen LogP contribution in [0.2, 0.25) is 0 Å². The summed E-state index contributed by atoms with van der Waals surface area (Å²) in [4.78, 5) is 27.5. The molecule has 3 unspecified atom stereocenters. The van der Waals surface area contributed by atoms with Crippen molar-refractivity contribution < 1.29 is 24.3 Å². The van der Waals surface area contributed by atoms with Gasteiger partial charge in [0.15, 0.2) is 5.71 Å². The van der Waals surface area contributed by atoms with Gasteiger partial charge in [-0.2, -0.15) is 0 Å². The average molecular weight is 270 g/mol. The van der Waals surface area contributed by atoms with Crippen LogP contribution in [-0.4, -0.2) is 48.1 Å². The fraction of sp³-hybridized carbons (Fsp3) is 0.750. The monoisotopic (exact) mass is 270 g/mol. The van der Waals surface area contributed by atoms with Crippen molar-refractivity contribution >= 4 is 17.6 Å². The van der Waals surface area contributed by atoms with Crippen molar-refractivity contribution in [3.05, 3.63) is 0 Å². The van der Waals surface area contributed by atoms with Crippen LogP contribution in [0.3, 0.4) is 0 Å². The second-order valence-electron chi connectivity index (χ2n) is 5.48. The summed E-state index contributed by atoms with van der Waals surface area (Å²) in [5, 5.41) is 15.0. The lowest BCUT2D eigenvalue weighted by Gasteiger charge is -2.51. The Morgan fingerprint density at radius 1 is 1.53 bits per heavy atom. The summed E-state index contributed by atoms with van der Waals surface area (Å²) in [6.45, 7) is 4.04. The minimum absolute atomic E-state index is 0.00201. The Balaban J connectivity index is 1.86. The first-order chi connectivity index (χ1) is 8.86. The fourth-order valence-corrected chi connectivity index (χ4v) is 2.44. The number of carboxylic acids is 1. The number of hydrogen-bond donors (Lipinski definition) is 2. The number of carbonyl (C=O) groups excluding carboxylic acids is 1. The van der Waals surface area contributed by atoms with Gasteiger partial charge in [-0.05, 0) is 6.42 Å². The molecule has 1 fully saturated rings. The van der Waals surface area contributed by atoms with Crippen LogP contribution in [0, 0.1) is 5.41 Å². The third-order valence-corrected chi connectivity index (χ3v) is 3.99. The normalized spacial score (nSPS) is 31.9. The van der Waals surface area contributed by atoms with Gasteiger partial charge in [-0.15, -0.1) is 0 Å². The van der Waals surface area contributed by atoms with Crippen molar-refractivity contribution in [3.8, 4) is 0 Å². The van der Waals surface area contributed by atoms with Gasteiger partial charge in [0.05, 0.1) is 6.10 Å². The van der Waals surface area contributed by atoms with Gasteiger partial charge in [-0.25, -0.2) is 4.79 Å². The molecule has 7 heteroatoms. The molecule has 1 amide bonds. The van der Waals surface area contributed by atoms with E-state index in [0.717, 1.165) is 6.42 Å². The van der Waals surface area contributed by atoms with E-state index in [0.29, 0.717) is 0 Å². The number of amides is 1. The molecule has 0 saturated heterocycles. The summed E-state index contributed by atoms with van der Waals surface area (Å²) < 4.78 is 5.30. The van der Waals surface area contributed by atoms with Crippen LogP contribution in [0.4, 0.5) is 0 Å². The van der Waals surface area contributed by atoms with Gasteiger partial charge in [0, 0.05) is 25.0 Å². The molecule has 0 aromatic carbocycles. The second kappa shape index (κ2) is 4.80. The zero-order chi connectivity index (χ0) is 14.2.